The fourth-order valence-corrected chi connectivity index (χ4v) is 2.79. The molecule has 1 atom stereocenters. The standard InChI is InChI=1S/C14H21N5/c1-10(2)18-6-5-11(8-18)7-13-16-14-4-3-12(15)9-19(14)17-13/h3-4,9-11H,5-8,15H2,1-2H3. The van der Waals surface area contributed by atoms with E-state index in [9.17, 15) is 0 Å². The number of hydrogen-bond acceptors (Lipinski definition) is 4. The molecular weight excluding hydrogens is 238 g/mol. The smallest absolute Gasteiger partial charge is 0.155 e. The van der Waals surface area contributed by atoms with Gasteiger partial charge in [-0.25, -0.2) is 9.50 Å². The first kappa shape index (κ1) is 12.4. The van der Waals surface area contributed by atoms with Crippen molar-refractivity contribution in [3.8, 4) is 0 Å². The summed E-state index contributed by atoms with van der Waals surface area (Å²) < 4.78 is 1.78. The van der Waals surface area contributed by atoms with Crippen molar-refractivity contribution >= 4 is 11.3 Å². The quantitative estimate of drug-likeness (QED) is 0.909. The first-order valence-electron chi connectivity index (χ1n) is 6.96. The van der Waals surface area contributed by atoms with Gasteiger partial charge in [-0.3, -0.25) is 0 Å². The Bertz CT molecular complexity index is 574. The molecule has 102 valence electrons. The van der Waals surface area contributed by atoms with Crippen LogP contribution in [0.3, 0.4) is 0 Å². The summed E-state index contributed by atoms with van der Waals surface area (Å²) in [6.07, 6.45) is 4.03. The van der Waals surface area contributed by atoms with Crippen molar-refractivity contribution in [3.63, 3.8) is 0 Å². The Balaban J connectivity index is 1.72. The summed E-state index contributed by atoms with van der Waals surface area (Å²) >= 11 is 0. The lowest BCUT2D eigenvalue weighted by atomic mass is 10.1. The number of pyridine rings is 1. The molecule has 0 aliphatic carbocycles. The highest BCUT2D eigenvalue weighted by atomic mass is 15.3. The average Bonchev–Trinajstić information content (AvgIpc) is 2.95. The minimum absolute atomic E-state index is 0.638. The van der Waals surface area contributed by atoms with E-state index < -0.39 is 0 Å². The van der Waals surface area contributed by atoms with Crippen LogP contribution >= 0.6 is 0 Å². The summed E-state index contributed by atoms with van der Waals surface area (Å²) in [5.41, 5.74) is 7.35. The van der Waals surface area contributed by atoms with Crippen LogP contribution in [0.1, 0.15) is 26.1 Å². The van der Waals surface area contributed by atoms with Crippen LogP contribution in [0.25, 0.3) is 5.65 Å². The fourth-order valence-electron chi connectivity index (χ4n) is 2.79. The number of likely N-dealkylation sites (tertiary alicyclic amines) is 1. The van der Waals surface area contributed by atoms with E-state index >= 15 is 0 Å². The van der Waals surface area contributed by atoms with E-state index in [1.165, 1.54) is 13.0 Å². The summed E-state index contributed by atoms with van der Waals surface area (Å²) in [7, 11) is 0. The molecule has 0 saturated carbocycles. The topological polar surface area (TPSA) is 59.5 Å². The molecule has 2 N–H and O–H groups in total. The Morgan fingerprint density at radius 2 is 2.26 bits per heavy atom. The Hall–Kier alpha value is -1.62. The van der Waals surface area contributed by atoms with Crippen LogP contribution < -0.4 is 5.73 Å². The molecule has 19 heavy (non-hydrogen) atoms. The molecule has 1 fully saturated rings. The van der Waals surface area contributed by atoms with E-state index in [1.807, 2.05) is 18.3 Å². The van der Waals surface area contributed by atoms with Crippen molar-refractivity contribution in [1.29, 1.82) is 0 Å². The van der Waals surface area contributed by atoms with Gasteiger partial charge < -0.3 is 10.6 Å². The van der Waals surface area contributed by atoms with Gasteiger partial charge >= 0.3 is 0 Å². The van der Waals surface area contributed by atoms with Gasteiger partial charge in [0.15, 0.2) is 11.5 Å². The summed E-state index contributed by atoms with van der Waals surface area (Å²) in [5.74, 6) is 1.61. The molecule has 3 heterocycles. The van der Waals surface area contributed by atoms with Crippen molar-refractivity contribution in [2.45, 2.75) is 32.7 Å². The van der Waals surface area contributed by atoms with Crippen molar-refractivity contribution in [3.05, 3.63) is 24.2 Å². The molecule has 5 nitrogen and oxygen atoms in total. The minimum Gasteiger partial charge on any atom is -0.397 e. The lowest BCUT2D eigenvalue weighted by Gasteiger charge is -2.19. The van der Waals surface area contributed by atoms with Gasteiger partial charge in [-0.1, -0.05) is 0 Å². The summed E-state index contributed by atoms with van der Waals surface area (Å²) in [6.45, 7) is 6.88. The van der Waals surface area contributed by atoms with Crippen LogP contribution in [0.4, 0.5) is 5.69 Å². The number of rotatable bonds is 3. The number of aromatic nitrogens is 3. The molecule has 0 spiro atoms. The lowest BCUT2D eigenvalue weighted by Crippen LogP contribution is -2.28. The Morgan fingerprint density at radius 1 is 1.42 bits per heavy atom. The second kappa shape index (κ2) is 4.81. The second-order valence-corrected chi connectivity index (χ2v) is 5.74. The zero-order valence-electron chi connectivity index (χ0n) is 11.6. The lowest BCUT2D eigenvalue weighted by molar-refractivity contribution is 0.264. The van der Waals surface area contributed by atoms with Gasteiger partial charge in [0.1, 0.15) is 0 Å². The number of nitrogen functional groups attached to an aromatic ring is 1. The normalized spacial score (nSPS) is 20.7. The van der Waals surface area contributed by atoms with E-state index in [4.69, 9.17) is 5.73 Å². The van der Waals surface area contributed by atoms with Crippen molar-refractivity contribution < 1.29 is 0 Å². The molecule has 2 aromatic heterocycles. The third-order valence-electron chi connectivity index (χ3n) is 3.92. The molecule has 0 bridgehead atoms. The predicted molar refractivity (Wildman–Crippen MR) is 75.9 cm³/mol. The molecule has 0 amide bonds. The first-order chi connectivity index (χ1) is 9.11. The molecule has 0 aromatic carbocycles. The van der Waals surface area contributed by atoms with E-state index in [2.05, 4.69) is 28.8 Å². The van der Waals surface area contributed by atoms with E-state index in [0.717, 1.165) is 30.1 Å². The molecule has 1 aliphatic rings. The second-order valence-electron chi connectivity index (χ2n) is 5.74. The van der Waals surface area contributed by atoms with Crippen molar-refractivity contribution in [1.82, 2.24) is 19.5 Å². The monoisotopic (exact) mass is 259 g/mol. The highest BCUT2D eigenvalue weighted by Gasteiger charge is 2.25. The third kappa shape index (κ3) is 2.56. The maximum absolute atomic E-state index is 5.75. The maximum Gasteiger partial charge on any atom is 0.155 e. The van der Waals surface area contributed by atoms with Crippen molar-refractivity contribution in [2.75, 3.05) is 18.8 Å². The minimum atomic E-state index is 0.638. The van der Waals surface area contributed by atoms with E-state index in [0.29, 0.717) is 12.0 Å². The Morgan fingerprint density at radius 3 is 3.00 bits per heavy atom. The largest absolute Gasteiger partial charge is 0.397 e. The summed E-state index contributed by atoms with van der Waals surface area (Å²) in [5, 5.41) is 4.51. The van der Waals surface area contributed by atoms with Gasteiger partial charge in [0.2, 0.25) is 0 Å². The Labute approximate surface area is 113 Å². The molecule has 5 heteroatoms. The summed E-state index contributed by atoms with van der Waals surface area (Å²) in [4.78, 5) is 7.09. The van der Waals surface area contributed by atoms with Gasteiger partial charge in [-0.05, 0) is 44.9 Å². The molecule has 1 saturated heterocycles. The van der Waals surface area contributed by atoms with Crippen LogP contribution in [0.5, 0.6) is 0 Å². The van der Waals surface area contributed by atoms with Crippen LogP contribution in [-0.4, -0.2) is 38.6 Å². The predicted octanol–water partition coefficient (Wildman–Crippen LogP) is 1.58. The number of nitrogens with zero attached hydrogens (tertiary/aromatic N) is 4. The van der Waals surface area contributed by atoms with Crippen LogP contribution in [-0.2, 0) is 6.42 Å². The molecule has 1 unspecified atom stereocenters. The van der Waals surface area contributed by atoms with Gasteiger partial charge in [0.25, 0.3) is 0 Å². The average molecular weight is 259 g/mol. The van der Waals surface area contributed by atoms with Crippen LogP contribution in [0, 0.1) is 5.92 Å². The van der Waals surface area contributed by atoms with Gasteiger partial charge in [-0.15, -0.1) is 0 Å². The fraction of sp³-hybridized carbons (Fsp3) is 0.571. The van der Waals surface area contributed by atoms with Gasteiger partial charge in [0, 0.05) is 19.0 Å². The number of anilines is 1. The molecule has 0 radical (unpaired) electrons. The highest BCUT2D eigenvalue weighted by Crippen LogP contribution is 2.21. The number of fused-ring (bicyclic) bond motifs is 1. The molecule has 3 rings (SSSR count). The van der Waals surface area contributed by atoms with Crippen molar-refractivity contribution in [2.24, 2.45) is 5.92 Å². The molecule has 2 aromatic rings. The van der Waals surface area contributed by atoms with E-state index in [-0.39, 0.29) is 0 Å². The van der Waals surface area contributed by atoms with E-state index in [1.54, 1.807) is 4.52 Å². The molecular formula is C14H21N5. The highest BCUT2D eigenvalue weighted by molar-refractivity contribution is 5.46. The van der Waals surface area contributed by atoms with Gasteiger partial charge in [-0.2, -0.15) is 5.10 Å². The molecule has 1 aliphatic heterocycles. The van der Waals surface area contributed by atoms with Crippen LogP contribution in [0.2, 0.25) is 0 Å². The Kier molecular flexibility index (Phi) is 3.14. The summed E-state index contributed by atoms with van der Waals surface area (Å²) in [6, 6.07) is 4.42. The van der Waals surface area contributed by atoms with Gasteiger partial charge in [0.05, 0.1) is 11.9 Å². The first-order valence-corrected chi connectivity index (χ1v) is 6.96. The maximum atomic E-state index is 5.75. The zero-order valence-corrected chi connectivity index (χ0v) is 11.6. The SMILES string of the molecule is CC(C)N1CCC(Cc2nc3ccc(N)cn3n2)C1. The van der Waals surface area contributed by atoms with Crippen LogP contribution in [0.15, 0.2) is 18.3 Å². The zero-order chi connectivity index (χ0) is 13.4. The number of hydrogen-bond donors (Lipinski definition) is 1. The third-order valence-corrected chi connectivity index (χ3v) is 3.92. The number of nitrogens with two attached hydrogens (primary N) is 1.